The molecule has 29 heavy (non-hydrogen) atoms. The minimum absolute atomic E-state index is 0.0687. The molecule has 0 saturated carbocycles. The molecule has 3 aromatic rings. The zero-order valence-electron chi connectivity index (χ0n) is 16.6. The zero-order valence-corrected chi connectivity index (χ0v) is 17.4. The summed E-state index contributed by atoms with van der Waals surface area (Å²) < 4.78 is 7.20. The number of benzene rings is 1. The standard InChI is InChI=1S/C22H22N4O2S/c1-22(2)11-15-18(16(27)12-22)19(17-8-5-9-29-17)26-21(23-15)24-20(25-26)13-6-4-7-14(10-13)28-3/h4-10,19H,11-12H2,1-3H3,(H,23,24,25). The number of nitrogens with one attached hydrogen (secondary N) is 1. The maximum absolute atomic E-state index is 13.1. The van der Waals surface area contributed by atoms with Crippen LogP contribution in [0.1, 0.15) is 37.6 Å². The maximum Gasteiger partial charge on any atom is 0.226 e. The second kappa shape index (κ2) is 6.56. The van der Waals surface area contributed by atoms with Crippen molar-refractivity contribution in [2.75, 3.05) is 12.4 Å². The van der Waals surface area contributed by atoms with Gasteiger partial charge in [-0.3, -0.25) is 4.79 Å². The van der Waals surface area contributed by atoms with Gasteiger partial charge in [-0.1, -0.05) is 32.0 Å². The Morgan fingerprint density at radius 2 is 2.10 bits per heavy atom. The molecule has 3 heterocycles. The largest absolute Gasteiger partial charge is 0.497 e. The first kappa shape index (κ1) is 18.1. The van der Waals surface area contributed by atoms with Crippen molar-refractivity contribution in [3.8, 4) is 17.1 Å². The monoisotopic (exact) mass is 406 g/mol. The number of nitrogens with zero attached hydrogens (tertiary/aromatic N) is 3. The van der Waals surface area contributed by atoms with Crippen molar-refractivity contribution in [1.82, 2.24) is 14.8 Å². The van der Waals surface area contributed by atoms with Crippen molar-refractivity contribution in [1.29, 1.82) is 0 Å². The number of ketones is 1. The SMILES string of the molecule is COc1cccc(-c2nc3n(n2)C(c2cccs2)C2=C(CC(C)(C)CC2=O)N3)c1. The van der Waals surface area contributed by atoms with Crippen LogP contribution in [0.15, 0.2) is 53.0 Å². The highest BCUT2D eigenvalue weighted by Gasteiger charge is 2.42. The van der Waals surface area contributed by atoms with Crippen LogP contribution < -0.4 is 10.1 Å². The third-order valence-electron chi connectivity index (χ3n) is 5.47. The number of aromatic nitrogens is 3. The first-order valence-corrected chi connectivity index (χ1v) is 10.5. The van der Waals surface area contributed by atoms with Gasteiger partial charge in [0.05, 0.1) is 7.11 Å². The molecule has 0 fully saturated rings. The van der Waals surface area contributed by atoms with Gasteiger partial charge in [0.15, 0.2) is 11.6 Å². The number of carbonyl (C=O) groups is 1. The predicted octanol–water partition coefficient (Wildman–Crippen LogP) is 4.67. The molecule has 0 radical (unpaired) electrons. The van der Waals surface area contributed by atoms with Crippen LogP contribution in [-0.4, -0.2) is 27.7 Å². The number of thiophene rings is 1. The number of allylic oxidation sites excluding steroid dienone is 2. The number of fused-ring (bicyclic) bond motifs is 1. The van der Waals surface area contributed by atoms with Gasteiger partial charge in [0.2, 0.25) is 5.95 Å². The Balaban J connectivity index is 1.65. The van der Waals surface area contributed by atoms with Gasteiger partial charge < -0.3 is 10.1 Å². The molecule has 1 aliphatic carbocycles. The maximum atomic E-state index is 13.1. The second-order valence-corrected chi connectivity index (χ2v) is 9.29. The van der Waals surface area contributed by atoms with Crippen LogP contribution in [0.5, 0.6) is 5.75 Å². The number of methoxy groups -OCH3 is 1. The minimum atomic E-state index is -0.239. The Hall–Kier alpha value is -2.93. The average Bonchev–Trinajstić information content (AvgIpc) is 3.35. The fourth-order valence-electron chi connectivity index (χ4n) is 4.20. The predicted molar refractivity (Wildman–Crippen MR) is 113 cm³/mol. The molecular formula is C22H22N4O2S. The van der Waals surface area contributed by atoms with Crippen LogP contribution in [-0.2, 0) is 4.79 Å². The quantitative estimate of drug-likeness (QED) is 0.684. The molecule has 0 bridgehead atoms. The normalized spacial score (nSPS) is 20.1. The molecule has 1 aromatic carbocycles. The molecule has 5 rings (SSSR count). The molecule has 7 heteroatoms. The summed E-state index contributed by atoms with van der Waals surface area (Å²) in [5.41, 5.74) is 2.60. The summed E-state index contributed by atoms with van der Waals surface area (Å²) in [5.74, 6) is 2.23. The molecule has 0 saturated heterocycles. The minimum Gasteiger partial charge on any atom is -0.497 e. The number of hydrogen-bond donors (Lipinski definition) is 1. The van der Waals surface area contributed by atoms with Gasteiger partial charge in [-0.15, -0.1) is 16.4 Å². The first-order chi connectivity index (χ1) is 13.9. The molecule has 1 unspecified atom stereocenters. The van der Waals surface area contributed by atoms with E-state index >= 15 is 0 Å². The van der Waals surface area contributed by atoms with Crippen molar-refractivity contribution in [2.45, 2.75) is 32.7 Å². The number of anilines is 1. The van der Waals surface area contributed by atoms with Crippen LogP contribution in [0.3, 0.4) is 0 Å². The van der Waals surface area contributed by atoms with E-state index in [9.17, 15) is 4.79 Å². The Morgan fingerprint density at radius 1 is 1.24 bits per heavy atom. The van der Waals surface area contributed by atoms with E-state index in [4.69, 9.17) is 14.8 Å². The lowest BCUT2D eigenvalue weighted by Gasteiger charge is -2.37. The zero-order chi connectivity index (χ0) is 20.2. The number of hydrogen-bond acceptors (Lipinski definition) is 6. The van der Waals surface area contributed by atoms with E-state index in [0.29, 0.717) is 18.2 Å². The molecule has 6 nitrogen and oxygen atoms in total. The smallest absolute Gasteiger partial charge is 0.226 e. The van der Waals surface area contributed by atoms with Crippen molar-refractivity contribution in [3.05, 3.63) is 57.9 Å². The lowest BCUT2D eigenvalue weighted by molar-refractivity contribution is -0.118. The summed E-state index contributed by atoms with van der Waals surface area (Å²) >= 11 is 1.64. The van der Waals surface area contributed by atoms with Gasteiger partial charge in [0.25, 0.3) is 0 Å². The van der Waals surface area contributed by atoms with Gasteiger partial charge in [-0.25, -0.2) is 4.68 Å². The van der Waals surface area contributed by atoms with Gasteiger partial charge in [0, 0.05) is 28.1 Å². The number of Topliss-reactive ketones (excluding diaryl/α,β-unsaturated/α-hetero) is 1. The summed E-state index contributed by atoms with van der Waals surface area (Å²) in [4.78, 5) is 19.0. The Morgan fingerprint density at radius 3 is 2.86 bits per heavy atom. The molecule has 1 N–H and O–H groups in total. The Kier molecular flexibility index (Phi) is 4.10. The molecule has 2 aromatic heterocycles. The summed E-state index contributed by atoms with van der Waals surface area (Å²) in [5, 5.41) is 10.3. The van der Waals surface area contributed by atoms with Crippen molar-refractivity contribution in [3.63, 3.8) is 0 Å². The Labute approximate surface area is 173 Å². The molecule has 0 spiro atoms. The molecule has 1 aliphatic heterocycles. The summed E-state index contributed by atoms with van der Waals surface area (Å²) in [6, 6.07) is 11.5. The summed E-state index contributed by atoms with van der Waals surface area (Å²) in [6.07, 6.45) is 1.36. The van der Waals surface area contributed by atoms with Gasteiger partial charge in [-0.2, -0.15) is 4.98 Å². The van der Waals surface area contributed by atoms with E-state index in [1.165, 1.54) is 0 Å². The van der Waals surface area contributed by atoms with Crippen LogP contribution in [0, 0.1) is 5.41 Å². The third kappa shape index (κ3) is 3.06. The van der Waals surface area contributed by atoms with E-state index in [-0.39, 0.29) is 17.2 Å². The third-order valence-corrected chi connectivity index (χ3v) is 6.40. The lowest BCUT2D eigenvalue weighted by atomic mass is 9.73. The van der Waals surface area contributed by atoms with Crippen molar-refractivity contribution < 1.29 is 9.53 Å². The number of ether oxygens (including phenoxy) is 1. The fourth-order valence-corrected chi connectivity index (χ4v) is 5.02. The molecule has 1 atom stereocenters. The van der Waals surface area contributed by atoms with E-state index in [1.54, 1.807) is 18.4 Å². The van der Waals surface area contributed by atoms with E-state index in [1.807, 2.05) is 40.4 Å². The molecule has 148 valence electrons. The van der Waals surface area contributed by atoms with Gasteiger partial charge in [0.1, 0.15) is 11.8 Å². The highest BCUT2D eigenvalue weighted by Crippen LogP contribution is 2.46. The molecule has 2 aliphatic rings. The van der Waals surface area contributed by atoms with E-state index < -0.39 is 0 Å². The first-order valence-electron chi connectivity index (χ1n) is 9.63. The lowest BCUT2D eigenvalue weighted by Crippen LogP contribution is -2.36. The molecular weight excluding hydrogens is 384 g/mol. The van der Waals surface area contributed by atoms with Crippen LogP contribution in [0.25, 0.3) is 11.4 Å². The van der Waals surface area contributed by atoms with Crippen LogP contribution in [0.4, 0.5) is 5.95 Å². The van der Waals surface area contributed by atoms with E-state index in [2.05, 4.69) is 25.2 Å². The van der Waals surface area contributed by atoms with E-state index in [0.717, 1.165) is 33.9 Å². The number of carbonyl (C=O) groups excluding carboxylic acids is 1. The Bertz CT molecular complexity index is 1130. The summed E-state index contributed by atoms with van der Waals surface area (Å²) in [7, 11) is 1.64. The highest BCUT2D eigenvalue weighted by atomic mass is 32.1. The topological polar surface area (TPSA) is 69.0 Å². The van der Waals surface area contributed by atoms with Crippen LogP contribution >= 0.6 is 11.3 Å². The number of rotatable bonds is 3. The van der Waals surface area contributed by atoms with Gasteiger partial charge in [-0.05, 0) is 35.4 Å². The second-order valence-electron chi connectivity index (χ2n) is 8.31. The molecule has 0 amide bonds. The highest BCUT2D eigenvalue weighted by molar-refractivity contribution is 7.10. The fraction of sp³-hybridized carbons (Fsp3) is 0.318. The average molecular weight is 407 g/mol. The van der Waals surface area contributed by atoms with Crippen molar-refractivity contribution in [2.24, 2.45) is 5.41 Å². The van der Waals surface area contributed by atoms with Crippen LogP contribution in [0.2, 0.25) is 0 Å². The van der Waals surface area contributed by atoms with Gasteiger partial charge >= 0.3 is 0 Å². The summed E-state index contributed by atoms with van der Waals surface area (Å²) in [6.45, 7) is 4.27. The van der Waals surface area contributed by atoms with Crippen molar-refractivity contribution >= 4 is 23.1 Å².